The molecule has 5 heteroatoms. The van der Waals surface area contributed by atoms with Crippen molar-refractivity contribution in [1.29, 1.82) is 0 Å². The molecule has 1 N–H and O–H groups in total. The van der Waals surface area contributed by atoms with Crippen LogP contribution >= 0.6 is 0 Å². The van der Waals surface area contributed by atoms with Gasteiger partial charge in [-0.25, -0.2) is 0 Å². The number of aliphatic hydroxyl groups excluding tert-OH is 1. The summed E-state index contributed by atoms with van der Waals surface area (Å²) in [7, 11) is 0. The third-order valence-corrected chi connectivity index (χ3v) is 1.79. The Balaban J connectivity index is 3.02. The van der Waals surface area contributed by atoms with Crippen LogP contribution in [0.25, 0.3) is 0 Å². The number of rotatable bonds is 12. The van der Waals surface area contributed by atoms with Crippen LogP contribution in [0.4, 0.5) is 0 Å². The number of aliphatic hydroxyl groups is 1. The van der Waals surface area contributed by atoms with Crippen molar-refractivity contribution in [2.75, 3.05) is 52.9 Å². The molecule has 0 radical (unpaired) electrons. The van der Waals surface area contributed by atoms with Gasteiger partial charge in [0.15, 0.2) is 0 Å². The van der Waals surface area contributed by atoms with Crippen molar-refractivity contribution in [1.82, 2.24) is 0 Å². The minimum absolute atomic E-state index is 0.00979. The van der Waals surface area contributed by atoms with E-state index >= 15 is 0 Å². The molecule has 0 aromatic heterocycles. The van der Waals surface area contributed by atoms with Gasteiger partial charge in [-0.3, -0.25) is 0 Å². The second-order valence-electron chi connectivity index (χ2n) is 3.29. The normalized spacial score (nSPS) is 12.9. The van der Waals surface area contributed by atoms with Crippen LogP contribution in [0.3, 0.4) is 0 Å². The van der Waals surface area contributed by atoms with E-state index in [0.717, 1.165) is 6.61 Å². The smallest absolute Gasteiger partial charge is 0.0781 e. The molecule has 0 aliphatic rings. The highest BCUT2D eigenvalue weighted by atomic mass is 16.6. The van der Waals surface area contributed by atoms with Gasteiger partial charge >= 0.3 is 0 Å². The molecule has 1 atom stereocenters. The zero-order chi connectivity index (χ0) is 12.1. The molecule has 0 aliphatic heterocycles. The Bertz CT molecular complexity index is 132. The fourth-order valence-corrected chi connectivity index (χ4v) is 1.03. The molecule has 0 unspecified atom stereocenters. The molecule has 16 heavy (non-hydrogen) atoms. The summed E-state index contributed by atoms with van der Waals surface area (Å²) in [6.45, 7) is 7.87. The quantitative estimate of drug-likeness (QED) is 0.499. The second-order valence-corrected chi connectivity index (χ2v) is 3.29. The van der Waals surface area contributed by atoms with E-state index in [4.69, 9.17) is 24.1 Å². The fraction of sp³-hybridized carbons (Fsp3) is 1.00. The first kappa shape index (κ1) is 15.8. The highest BCUT2D eigenvalue weighted by Crippen LogP contribution is 1.91. The number of hydrogen-bond donors (Lipinski definition) is 1. The van der Waals surface area contributed by atoms with Crippen molar-refractivity contribution >= 4 is 0 Å². The van der Waals surface area contributed by atoms with Crippen LogP contribution in [0.5, 0.6) is 0 Å². The van der Waals surface area contributed by atoms with Crippen LogP contribution in [0.15, 0.2) is 0 Å². The molecule has 0 aromatic rings. The molecule has 0 fully saturated rings. The molecule has 98 valence electrons. The molecule has 0 spiro atoms. The summed E-state index contributed by atoms with van der Waals surface area (Å²) in [4.78, 5) is 0. The summed E-state index contributed by atoms with van der Waals surface area (Å²) in [5, 5.41) is 8.53. The predicted molar refractivity (Wildman–Crippen MR) is 60.6 cm³/mol. The summed E-state index contributed by atoms with van der Waals surface area (Å²) in [6, 6.07) is 0. The minimum atomic E-state index is 0.00979. The lowest BCUT2D eigenvalue weighted by Gasteiger charge is -2.12. The maximum absolute atomic E-state index is 8.53. The molecule has 0 rings (SSSR count). The van der Waals surface area contributed by atoms with Crippen molar-refractivity contribution in [3.05, 3.63) is 0 Å². The summed E-state index contributed by atoms with van der Waals surface area (Å²) < 4.78 is 20.9. The van der Waals surface area contributed by atoms with Crippen LogP contribution in [-0.4, -0.2) is 64.1 Å². The van der Waals surface area contributed by atoms with Gasteiger partial charge in [-0.05, 0) is 13.8 Å². The summed E-state index contributed by atoms with van der Waals surface area (Å²) in [6.07, 6.45) is 0.00979. The highest BCUT2D eigenvalue weighted by molar-refractivity contribution is 4.46. The third kappa shape index (κ3) is 11.9. The van der Waals surface area contributed by atoms with Crippen molar-refractivity contribution in [2.45, 2.75) is 20.0 Å². The van der Waals surface area contributed by atoms with Crippen molar-refractivity contribution in [2.24, 2.45) is 0 Å². The molecule has 0 aliphatic carbocycles. The van der Waals surface area contributed by atoms with E-state index in [0.29, 0.717) is 39.6 Å². The average Bonchev–Trinajstić information content (AvgIpc) is 2.30. The van der Waals surface area contributed by atoms with Gasteiger partial charge in [-0.15, -0.1) is 0 Å². The Kier molecular flexibility index (Phi) is 12.7. The standard InChI is InChI=1S/C11H24O5/c1-3-13-6-7-14-8-9-15-10-11(2)16-5-4-12/h11-12H,3-10H2,1-2H3/t11-/m0/s1. The van der Waals surface area contributed by atoms with Gasteiger partial charge in [0.2, 0.25) is 0 Å². The molecular weight excluding hydrogens is 212 g/mol. The molecule has 0 heterocycles. The Hall–Kier alpha value is -0.200. The molecule has 0 aromatic carbocycles. The first-order chi connectivity index (χ1) is 7.81. The summed E-state index contributed by atoms with van der Waals surface area (Å²) in [5.41, 5.74) is 0. The monoisotopic (exact) mass is 236 g/mol. The zero-order valence-electron chi connectivity index (χ0n) is 10.3. The van der Waals surface area contributed by atoms with E-state index < -0.39 is 0 Å². The van der Waals surface area contributed by atoms with Gasteiger partial charge in [-0.2, -0.15) is 0 Å². The Labute approximate surface area is 97.6 Å². The lowest BCUT2D eigenvalue weighted by atomic mass is 10.4. The third-order valence-electron chi connectivity index (χ3n) is 1.79. The second kappa shape index (κ2) is 12.9. The average molecular weight is 236 g/mol. The molecule has 5 nitrogen and oxygen atoms in total. The van der Waals surface area contributed by atoms with Crippen LogP contribution < -0.4 is 0 Å². The summed E-state index contributed by atoms with van der Waals surface area (Å²) in [5.74, 6) is 0. The number of hydrogen-bond acceptors (Lipinski definition) is 5. The van der Waals surface area contributed by atoms with E-state index in [-0.39, 0.29) is 12.7 Å². The van der Waals surface area contributed by atoms with Crippen LogP contribution in [0, 0.1) is 0 Å². The van der Waals surface area contributed by atoms with Crippen molar-refractivity contribution < 1.29 is 24.1 Å². The lowest BCUT2D eigenvalue weighted by Crippen LogP contribution is -2.19. The van der Waals surface area contributed by atoms with E-state index in [1.165, 1.54) is 0 Å². The molecule has 0 saturated carbocycles. The van der Waals surface area contributed by atoms with Gasteiger partial charge in [-0.1, -0.05) is 0 Å². The van der Waals surface area contributed by atoms with Gasteiger partial charge in [0.25, 0.3) is 0 Å². The van der Waals surface area contributed by atoms with Crippen molar-refractivity contribution in [3.63, 3.8) is 0 Å². The van der Waals surface area contributed by atoms with E-state index in [2.05, 4.69) is 0 Å². The first-order valence-electron chi connectivity index (χ1n) is 5.77. The highest BCUT2D eigenvalue weighted by Gasteiger charge is 2.01. The molecule has 0 amide bonds. The van der Waals surface area contributed by atoms with Gasteiger partial charge in [0.05, 0.1) is 52.4 Å². The largest absolute Gasteiger partial charge is 0.394 e. The van der Waals surface area contributed by atoms with Crippen LogP contribution in [0.2, 0.25) is 0 Å². The van der Waals surface area contributed by atoms with Gasteiger partial charge in [0.1, 0.15) is 0 Å². The van der Waals surface area contributed by atoms with Crippen LogP contribution in [-0.2, 0) is 18.9 Å². The Morgan fingerprint density at radius 3 is 2.19 bits per heavy atom. The van der Waals surface area contributed by atoms with Gasteiger partial charge < -0.3 is 24.1 Å². The SMILES string of the molecule is CCOCCOCCOC[C@H](C)OCCO. The predicted octanol–water partition coefficient (Wildman–Crippen LogP) is 0.453. The van der Waals surface area contributed by atoms with Gasteiger partial charge in [0, 0.05) is 6.61 Å². The first-order valence-corrected chi connectivity index (χ1v) is 5.77. The number of ether oxygens (including phenoxy) is 4. The van der Waals surface area contributed by atoms with Crippen molar-refractivity contribution in [3.8, 4) is 0 Å². The summed E-state index contributed by atoms with van der Waals surface area (Å²) >= 11 is 0. The Morgan fingerprint density at radius 2 is 1.56 bits per heavy atom. The lowest BCUT2D eigenvalue weighted by molar-refractivity contribution is -0.0358. The van der Waals surface area contributed by atoms with Crippen LogP contribution in [0.1, 0.15) is 13.8 Å². The van der Waals surface area contributed by atoms with E-state index in [9.17, 15) is 0 Å². The minimum Gasteiger partial charge on any atom is -0.394 e. The maximum atomic E-state index is 8.53. The van der Waals surface area contributed by atoms with E-state index in [1.54, 1.807) is 0 Å². The molecule has 0 bridgehead atoms. The fourth-order valence-electron chi connectivity index (χ4n) is 1.03. The maximum Gasteiger partial charge on any atom is 0.0781 e. The zero-order valence-corrected chi connectivity index (χ0v) is 10.3. The topological polar surface area (TPSA) is 57.2 Å². The van der Waals surface area contributed by atoms with E-state index in [1.807, 2.05) is 13.8 Å². The molecule has 0 saturated heterocycles. The molecular formula is C11H24O5. The Morgan fingerprint density at radius 1 is 0.938 bits per heavy atom.